The molecule has 1 aromatic heterocycles. The van der Waals surface area contributed by atoms with Crippen molar-refractivity contribution in [3.05, 3.63) is 95.4 Å². The van der Waals surface area contributed by atoms with Gasteiger partial charge in [0.2, 0.25) is 0 Å². The zero-order valence-electron chi connectivity index (χ0n) is 17.5. The fraction of sp³-hybridized carbons (Fsp3) is 0.269. The molecule has 5 rings (SSSR count). The van der Waals surface area contributed by atoms with Gasteiger partial charge in [0.15, 0.2) is 0 Å². The zero-order chi connectivity index (χ0) is 20.7. The largest absolute Gasteiger partial charge is 0.305 e. The molecular weight excluding hydrogens is 373 g/mol. The number of likely N-dealkylation sites (tertiary alicyclic amines) is 1. The van der Waals surface area contributed by atoms with Crippen LogP contribution in [0.2, 0.25) is 0 Å². The van der Waals surface area contributed by atoms with E-state index in [0.717, 1.165) is 42.5 Å². The third-order valence-electron chi connectivity index (χ3n) is 6.49. The highest BCUT2D eigenvalue weighted by Crippen LogP contribution is 2.40. The van der Waals surface area contributed by atoms with Crippen LogP contribution in [0.25, 0.3) is 16.6 Å². The molecule has 2 heterocycles. The Bertz CT molecular complexity index is 1180. The first-order valence-electron chi connectivity index (χ1n) is 10.5. The summed E-state index contributed by atoms with van der Waals surface area (Å²) in [6.07, 6.45) is 4.12. The summed E-state index contributed by atoms with van der Waals surface area (Å²) >= 11 is 0. The second-order valence-corrected chi connectivity index (χ2v) is 8.69. The van der Waals surface area contributed by atoms with Gasteiger partial charge in [0.1, 0.15) is 5.82 Å². The molecule has 4 aromatic rings. The lowest BCUT2D eigenvalue weighted by Gasteiger charge is -2.32. The van der Waals surface area contributed by atoms with Gasteiger partial charge in [-0.05, 0) is 86.4 Å². The molecular formula is C26H26FN3. The number of aryl methyl sites for hydroxylation is 1. The monoisotopic (exact) mass is 399 g/mol. The maximum Gasteiger partial charge on any atom is 0.123 e. The van der Waals surface area contributed by atoms with Gasteiger partial charge in [-0.15, -0.1) is 0 Å². The Hall–Kier alpha value is -2.98. The molecule has 0 saturated carbocycles. The fourth-order valence-electron chi connectivity index (χ4n) is 5.06. The number of likely N-dealkylation sites (N-methyl/N-ethyl adjacent to an activating group) is 1. The molecule has 1 aliphatic heterocycles. The van der Waals surface area contributed by atoms with E-state index in [-0.39, 0.29) is 11.2 Å². The SMILES string of the molecule is Cc1cc2c(cnn2-c2ccc(F)cc2)cc1C1(Cc2ccccc2)CCN(C)C1. The van der Waals surface area contributed by atoms with Crippen molar-refractivity contribution in [2.75, 3.05) is 20.1 Å². The lowest BCUT2D eigenvalue weighted by atomic mass is 9.73. The number of hydrogen-bond donors (Lipinski definition) is 0. The second-order valence-electron chi connectivity index (χ2n) is 8.69. The van der Waals surface area contributed by atoms with Crippen LogP contribution < -0.4 is 0 Å². The van der Waals surface area contributed by atoms with Gasteiger partial charge in [0.05, 0.1) is 17.4 Å². The van der Waals surface area contributed by atoms with Crippen molar-refractivity contribution in [3.8, 4) is 5.69 Å². The number of nitrogens with zero attached hydrogens (tertiary/aromatic N) is 3. The van der Waals surface area contributed by atoms with E-state index >= 15 is 0 Å². The molecule has 1 unspecified atom stereocenters. The first-order chi connectivity index (χ1) is 14.5. The molecule has 0 bridgehead atoms. The van der Waals surface area contributed by atoms with Gasteiger partial charge >= 0.3 is 0 Å². The molecule has 3 aromatic carbocycles. The highest BCUT2D eigenvalue weighted by Gasteiger charge is 2.39. The molecule has 0 aliphatic carbocycles. The van der Waals surface area contributed by atoms with E-state index in [1.807, 2.05) is 10.9 Å². The summed E-state index contributed by atoms with van der Waals surface area (Å²) in [7, 11) is 2.22. The van der Waals surface area contributed by atoms with Crippen LogP contribution in [0.4, 0.5) is 4.39 Å². The Kier molecular flexibility index (Phi) is 4.67. The van der Waals surface area contributed by atoms with Gasteiger partial charge in [-0.2, -0.15) is 5.10 Å². The van der Waals surface area contributed by atoms with Gasteiger partial charge in [0, 0.05) is 17.3 Å². The normalized spacial score (nSPS) is 19.6. The molecule has 1 fully saturated rings. The molecule has 1 aliphatic rings. The van der Waals surface area contributed by atoms with Crippen molar-refractivity contribution in [1.82, 2.24) is 14.7 Å². The predicted octanol–water partition coefficient (Wildman–Crippen LogP) is 5.29. The van der Waals surface area contributed by atoms with Gasteiger partial charge < -0.3 is 4.90 Å². The maximum absolute atomic E-state index is 13.4. The van der Waals surface area contributed by atoms with E-state index in [9.17, 15) is 4.39 Å². The molecule has 30 heavy (non-hydrogen) atoms. The summed E-state index contributed by atoms with van der Waals surface area (Å²) in [5.74, 6) is -0.234. The summed E-state index contributed by atoms with van der Waals surface area (Å²) in [5.41, 5.74) is 6.13. The molecule has 1 saturated heterocycles. The van der Waals surface area contributed by atoms with Crippen molar-refractivity contribution in [3.63, 3.8) is 0 Å². The Morgan fingerprint density at radius 1 is 1.03 bits per heavy atom. The smallest absolute Gasteiger partial charge is 0.123 e. The molecule has 0 amide bonds. The van der Waals surface area contributed by atoms with Crippen molar-refractivity contribution >= 4 is 10.9 Å². The molecule has 3 nitrogen and oxygen atoms in total. The third kappa shape index (κ3) is 3.31. The number of halogens is 1. The van der Waals surface area contributed by atoms with E-state index in [1.54, 1.807) is 12.1 Å². The first-order valence-corrected chi connectivity index (χ1v) is 10.5. The van der Waals surface area contributed by atoms with Crippen LogP contribution in [-0.4, -0.2) is 34.8 Å². The maximum atomic E-state index is 13.4. The van der Waals surface area contributed by atoms with Crippen LogP contribution >= 0.6 is 0 Å². The zero-order valence-corrected chi connectivity index (χ0v) is 17.5. The summed E-state index contributed by atoms with van der Waals surface area (Å²) in [6.45, 7) is 4.38. The van der Waals surface area contributed by atoms with E-state index < -0.39 is 0 Å². The fourth-order valence-corrected chi connectivity index (χ4v) is 5.06. The van der Waals surface area contributed by atoms with Crippen LogP contribution in [0.3, 0.4) is 0 Å². The number of aromatic nitrogens is 2. The summed E-state index contributed by atoms with van der Waals surface area (Å²) < 4.78 is 15.3. The number of hydrogen-bond acceptors (Lipinski definition) is 2. The highest BCUT2D eigenvalue weighted by molar-refractivity contribution is 5.82. The quantitative estimate of drug-likeness (QED) is 0.465. The second kappa shape index (κ2) is 7.37. The minimum Gasteiger partial charge on any atom is -0.305 e. The van der Waals surface area contributed by atoms with Crippen molar-refractivity contribution in [2.45, 2.75) is 25.2 Å². The summed E-state index contributed by atoms with van der Waals surface area (Å²) in [5, 5.41) is 5.74. The van der Waals surface area contributed by atoms with Crippen molar-refractivity contribution < 1.29 is 4.39 Å². The standard InChI is InChI=1S/C26H26FN3/c1-19-14-25-21(17-28-30(25)23-10-8-22(27)9-11-23)15-24(19)26(12-13-29(2)18-26)16-20-6-4-3-5-7-20/h3-11,14-15,17H,12-13,16,18H2,1-2H3. The van der Waals surface area contributed by atoms with E-state index in [4.69, 9.17) is 0 Å². The van der Waals surface area contributed by atoms with Crippen LogP contribution in [0, 0.1) is 12.7 Å². The summed E-state index contributed by atoms with van der Waals surface area (Å²) in [6, 6.07) is 21.9. The van der Waals surface area contributed by atoms with Crippen molar-refractivity contribution in [1.29, 1.82) is 0 Å². The average Bonchev–Trinajstić information content (AvgIpc) is 3.32. The molecule has 0 spiro atoms. The van der Waals surface area contributed by atoms with Crippen LogP contribution in [-0.2, 0) is 11.8 Å². The Morgan fingerprint density at radius 3 is 2.50 bits per heavy atom. The molecule has 152 valence electrons. The van der Waals surface area contributed by atoms with Crippen LogP contribution in [0.5, 0.6) is 0 Å². The number of rotatable bonds is 4. The minimum absolute atomic E-state index is 0.104. The van der Waals surface area contributed by atoms with Crippen molar-refractivity contribution in [2.24, 2.45) is 0 Å². The van der Waals surface area contributed by atoms with E-state index in [2.05, 4.69) is 66.4 Å². The first kappa shape index (κ1) is 19.0. The molecule has 0 radical (unpaired) electrons. The Labute approximate surface area is 176 Å². The molecule has 4 heteroatoms. The Morgan fingerprint density at radius 2 is 1.80 bits per heavy atom. The van der Waals surface area contributed by atoms with E-state index in [1.165, 1.54) is 28.8 Å². The van der Waals surface area contributed by atoms with Gasteiger partial charge in [-0.3, -0.25) is 0 Å². The van der Waals surface area contributed by atoms with Gasteiger partial charge in [-0.25, -0.2) is 9.07 Å². The molecule has 0 N–H and O–H groups in total. The lowest BCUT2D eigenvalue weighted by molar-refractivity contribution is 0.365. The van der Waals surface area contributed by atoms with Gasteiger partial charge in [0.25, 0.3) is 0 Å². The predicted molar refractivity (Wildman–Crippen MR) is 120 cm³/mol. The minimum atomic E-state index is -0.234. The number of fused-ring (bicyclic) bond motifs is 1. The Balaban J connectivity index is 1.60. The van der Waals surface area contributed by atoms with Gasteiger partial charge in [-0.1, -0.05) is 30.3 Å². The summed E-state index contributed by atoms with van der Waals surface area (Å²) in [4.78, 5) is 2.44. The molecule has 1 atom stereocenters. The average molecular weight is 400 g/mol. The van der Waals surface area contributed by atoms with E-state index in [0.29, 0.717) is 0 Å². The van der Waals surface area contributed by atoms with Crippen LogP contribution in [0.1, 0.15) is 23.1 Å². The number of benzene rings is 3. The lowest BCUT2D eigenvalue weighted by Crippen LogP contribution is -2.33. The third-order valence-corrected chi connectivity index (χ3v) is 6.49. The van der Waals surface area contributed by atoms with Crippen LogP contribution in [0.15, 0.2) is 72.9 Å². The topological polar surface area (TPSA) is 21.1 Å². The highest BCUT2D eigenvalue weighted by atomic mass is 19.1.